The molecular formula is C32H30O9S6. The summed E-state index contributed by atoms with van der Waals surface area (Å²) in [5.74, 6) is -2.70. The Morgan fingerprint density at radius 2 is 1.13 bits per heavy atom. The predicted molar refractivity (Wildman–Crippen MR) is 185 cm³/mol. The second-order valence-electron chi connectivity index (χ2n) is 10.7. The van der Waals surface area contributed by atoms with Crippen LogP contribution in [0.15, 0.2) is 108 Å². The lowest BCUT2D eigenvalue weighted by atomic mass is 10.1. The molecule has 0 radical (unpaired) electrons. The molecule has 2 aliphatic rings. The summed E-state index contributed by atoms with van der Waals surface area (Å²) in [6.45, 7) is 6.17. The van der Waals surface area contributed by atoms with Crippen LogP contribution in [0.1, 0.15) is 38.7 Å². The number of hydrogen-bond acceptors (Lipinski definition) is 11. The van der Waals surface area contributed by atoms with Crippen molar-refractivity contribution in [3.8, 4) is 5.75 Å². The molecule has 0 spiro atoms. The molecule has 47 heavy (non-hydrogen) atoms. The fourth-order valence-electron chi connectivity index (χ4n) is 4.83. The standard InChI is InChI=1S/C32H30O9S6/c1-4-5-12-18(2)17-41-22-25-23(42-31(44-25)27(29(33)34)46(37,38)20-13-8-6-9-14-20)19(3)24-26(22)45-32(43-24)28(30(35)36)47(39,40)21-15-10-7-11-16-21/h6-11,13-16,18H,4-5,12,17H2,1-3H3,(H,33,34)(H,35,36)/b31-27-,32-28+. The van der Waals surface area contributed by atoms with Crippen LogP contribution in [0.25, 0.3) is 0 Å². The first kappa shape index (κ1) is 35.5. The van der Waals surface area contributed by atoms with Gasteiger partial charge in [0.15, 0.2) is 9.81 Å². The van der Waals surface area contributed by atoms with Crippen molar-refractivity contribution in [2.24, 2.45) is 5.92 Å². The van der Waals surface area contributed by atoms with Gasteiger partial charge in [0.1, 0.15) is 5.75 Å². The first-order valence-electron chi connectivity index (χ1n) is 14.4. The number of carboxylic acid groups (broad SMARTS) is 2. The molecule has 9 nitrogen and oxygen atoms in total. The zero-order chi connectivity index (χ0) is 34.1. The Morgan fingerprint density at radius 1 is 0.723 bits per heavy atom. The second-order valence-corrected chi connectivity index (χ2v) is 19.1. The van der Waals surface area contributed by atoms with Crippen LogP contribution in [0.2, 0.25) is 0 Å². The summed E-state index contributed by atoms with van der Waals surface area (Å²) in [7, 11) is -8.80. The van der Waals surface area contributed by atoms with Crippen molar-refractivity contribution in [2.45, 2.75) is 69.4 Å². The Balaban J connectivity index is 1.66. The van der Waals surface area contributed by atoms with E-state index in [0.29, 0.717) is 37.5 Å². The average molecular weight is 751 g/mol. The van der Waals surface area contributed by atoms with Gasteiger partial charge in [-0.1, -0.05) is 110 Å². The maximum absolute atomic E-state index is 13.6. The monoisotopic (exact) mass is 750 g/mol. The molecule has 15 heteroatoms. The van der Waals surface area contributed by atoms with Gasteiger partial charge in [0.2, 0.25) is 19.7 Å². The minimum atomic E-state index is -4.40. The molecule has 0 bridgehead atoms. The smallest absolute Gasteiger partial charge is 0.349 e. The van der Waals surface area contributed by atoms with E-state index in [9.17, 15) is 36.6 Å². The molecule has 0 saturated heterocycles. The highest BCUT2D eigenvalue weighted by Crippen LogP contribution is 2.66. The Hall–Kier alpha value is -2.82. The van der Waals surface area contributed by atoms with Crippen LogP contribution >= 0.6 is 47.0 Å². The third kappa shape index (κ3) is 7.01. The van der Waals surface area contributed by atoms with Gasteiger partial charge < -0.3 is 14.9 Å². The normalized spacial score (nSPS) is 17.1. The summed E-state index contributed by atoms with van der Waals surface area (Å²) < 4.78 is 60.8. The lowest BCUT2D eigenvalue weighted by molar-refractivity contribution is -0.132. The first-order valence-corrected chi connectivity index (χ1v) is 20.6. The van der Waals surface area contributed by atoms with E-state index >= 15 is 0 Å². The highest BCUT2D eigenvalue weighted by molar-refractivity contribution is 8.26. The number of benzene rings is 3. The van der Waals surface area contributed by atoms with Gasteiger partial charge in [-0.05, 0) is 49.1 Å². The lowest BCUT2D eigenvalue weighted by Gasteiger charge is -2.18. The first-order chi connectivity index (χ1) is 22.3. The Kier molecular flexibility index (Phi) is 10.8. The summed E-state index contributed by atoms with van der Waals surface area (Å²) in [6, 6.07) is 14.7. The van der Waals surface area contributed by atoms with Crippen molar-refractivity contribution >= 4 is 78.7 Å². The molecule has 0 aromatic heterocycles. The number of carboxylic acids is 2. The van der Waals surface area contributed by atoms with E-state index in [1.165, 1.54) is 48.5 Å². The summed E-state index contributed by atoms with van der Waals surface area (Å²) in [5, 5.41) is 20.3. The minimum absolute atomic E-state index is 0.0515. The molecule has 5 rings (SSSR count). The van der Waals surface area contributed by atoms with Gasteiger partial charge in [0.25, 0.3) is 0 Å². The van der Waals surface area contributed by atoms with Gasteiger partial charge in [-0.25, -0.2) is 26.4 Å². The summed E-state index contributed by atoms with van der Waals surface area (Å²) in [6.07, 6.45) is 2.88. The quantitative estimate of drug-likeness (QED) is 0.172. The third-order valence-electron chi connectivity index (χ3n) is 7.25. The van der Waals surface area contributed by atoms with E-state index in [0.717, 1.165) is 66.3 Å². The highest BCUT2D eigenvalue weighted by Gasteiger charge is 2.42. The second kappa shape index (κ2) is 14.3. The fraction of sp³-hybridized carbons (Fsp3) is 0.250. The van der Waals surface area contributed by atoms with Crippen LogP contribution in [-0.2, 0) is 29.3 Å². The van der Waals surface area contributed by atoms with E-state index in [2.05, 4.69) is 6.92 Å². The third-order valence-corrected chi connectivity index (χ3v) is 16.8. The van der Waals surface area contributed by atoms with E-state index in [1.807, 2.05) is 6.92 Å². The number of thioether (sulfide) groups is 4. The van der Waals surface area contributed by atoms with Crippen molar-refractivity contribution in [3.05, 3.63) is 84.5 Å². The number of hydrogen-bond donors (Lipinski definition) is 2. The molecule has 3 aromatic carbocycles. The zero-order valence-corrected chi connectivity index (χ0v) is 30.3. The predicted octanol–water partition coefficient (Wildman–Crippen LogP) is 8.05. The van der Waals surface area contributed by atoms with E-state index < -0.39 is 41.4 Å². The molecule has 2 N–H and O–H groups in total. The summed E-state index contributed by atoms with van der Waals surface area (Å²) in [5.41, 5.74) is 0.630. The van der Waals surface area contributed by atoms with Crippen LogP contribution in [0.3, 0.4) is 0 Å². The van der Waals surface area contributed by atoms with Crippen LogP contribution < -0.4 is 4.74 Å². The topological polar surface area (TPSA) is 152 Å². The number of fused-ring (bicyclic) bond motifs is 2. The lowest BCUT2D eigenvalue weighted by Crippen LogP contribution is -2.14. The van der Waals surface area contributed by atoms with Crippen molar-refractivity contribution < 1.29 is 41.4 Å². The SMILES string of the molecule is CCCCC(C)COc1c2c(c(C)c3c1S/C(=C(\C(=O)O)S(=O)(=O)c1ccccc1)S3)S/C(=C(\C(=O)O)S(=O)(=O)c1ccccc1)S2. The number of sulfone groups is 2. The number of rotatable bonds is 12. The van der Waals surface area contributed by atoms with Crippen molar-refractivity contribution in [1.29, 1.82) is 0 Å². The van der Waals surface area contributed by atoms with Crippen molar-refractivity contribution in [1.82, 2.24) is 0 Å². The van der Waals surface area contributed by atoms with Crippen molar-refractivity contribution in [2.75, 3.05) is 6.61 Å². The van der Waals surface area contributed by atoms with Crippen LogP contribution in [0.5, 0.6) is 5.75 Å². The van der Waals surface area contributed by atoms with Crippen LogP contribution in [0.4, 0.5) is 0 Å². The number of unbranched alkanes of at least 4 members (excludes halogenated alkanes) is 1. The Morgan fingerprint density at radius 3 is 1.51 bits per heavy atom. The van der Waals surface area contributed by atoms with Crippen LogP contribution in [0, 0.1) is 12.8 Å². The molecular weight excluding hydrogens is 721 g/mol. The molecule has 1 atom stereocenters. The number of ether oxygens (including phenoxy) is 1. The van der Waals surface area contributed by atoms with Gasteiger partial charge in [0, 0.05) is 9.79 Å². The van der Waals surface area contributed by atoms with Gasteiger partial charge in [0.05, 0.1) is 34.7 Å². The molecule has 0 fully saturated rings. The van der Waals surface area contributed by atoms with E-state index in [-0.39, 0.29) is 24.2 Å². The highest BCUT2D eigenvalue weighted by atomic mass is 32.2. The van der Waals surface area contributed by atoms with E-state index in [4.69, 9.17) is 4.74 Å². The Bertz CT molecular complexity index is 1890. The number of aliphatic carboxylic acids is 2. The molecule has 2 aliphatic heterocycles. The van der Waals surface area contributed by atoms with Gasteiger partial charge in [-0.15, -0.1) is 0 Å². The summed E-state index contributed by atoms with van der Waals surface area (Å²) in [4.78, 5) is 25.4. The molecule has 2 heterocycles. The fourth-order valence-corrected chi connectivity index (χ4v) is 14.4. The number of carbonyl (C=O) groups is 2. The zero-order valence-electron chi connectivity index (χ0n) is 25.4. The molecule has 248 valence electrons. The van der Waals surface area contributed by atoms with E-state index in [1.54, 1.807) is 19.1 Å². The maximum atomic E-state index is 13.6. The van der Waals surface area contributed by atoms with Gasteiger partial charge in [-0.3, -0.25) is 0 Å². The molecule has 3 aromatic rings. The summed E-state index contributed by atoms with van der Waals surface area (Å²) >= 11 is 3.94. The molecule has 0 saturated carbocycles. The average Bonchev–Trinajstić information content (AvgIpc) is 3.66. The Labute approximate surface area is 290 Å². The molecule has 1 unspecified atom stereocenters. The molecule has 0 amide bonds. The van der Waals surface area contributed by atoms with Gasteiger partial charge >= 0.3 is 11.9 Å². The molecule has 0 aliphatic carbocycles. The largest absolute Gasteiger partial charge is 0.491 e. The van der Waals surface area contributed by atoms with Crippen LogP contribution in [-0.4, -0.2) is 45.6 Å². The maximum Gasteiger partial charge on any atom is 0.349 e. The minimum Gasteiger partial charge on any atom is -0.491 e. The van der Waals surface area contributed by atoms with Gasteiger partial charge in [-0.2, -0.15) is 0 Å². The van der Waals surface area contributed by atoms with Crippen molar-refractivity contribution in [3.63, 3.8) is 0 Å².